The average Bonchev–Trinajstić information content (AvgIpc) is 2.49. The summed E-state index contributed by atoms with van der Waals surface area (Å²) in [6.45, 7) is 0. The molecular weight excluding hydrogens is 289 g/mol. The zero-order valence-corrected chi connectivity index (χ0v) is 11.7. The molecule has 0 atom stereocenters. The van der Waals surface area contributed by atoms with Gasteiger partial charge >= 0.3 is 0 Å². The Labute approximate surface area is 126 Å². The summed E-state index contributed by atoms with van der Waals surface area (Å²) in [6, 6.07) is 16.4. The molecule has 0 unspecified atom stereocenters. The first-order chi connectivity index (χ1) is 10.1. The normalized spacial score (nSPS) is 10.6. The van der Waals surface area contributed by atoms with Gasteiger partial charge in [-0.15, -0.1) is 0 Å². The Hall–Kier alpha value is -2.39. The molecule has 0 radical (unpaired) electrons. The number of pyridine rings is 1. The van der Waals surface area contributed by atoms with E-state index in [1.54, 1.807) is 30.5 Å². The van der Waals surface area contributed by atoms with Crippen LogP contribution in [0.25, 0.3) is 16.8 Å². The van der Waals surface area contributed by atoms with Crippen LogP contribution in [0.2, 0.25) is 5.02 Å². The summed E-state index contributed by atoms with van der Waals surface area (Å²) in [5.74, 6) is -0.335. The van der Waals surface area contributed by atoms with Crippen LogP contribution >= 0.6 is 11.6 Å². The van der Waals surface area contributed by atoms with Crippen LogP contribution < -0.4 is 5.56 Å². The number of hydrogen-bond donors (Lipinski definition) is 0. The molecule has 3 rings (SSSR count). The lowest BCUT2D eigenvalue weighted by Gasteiger charge is -2.09. The van der Waals surface area contributed by atoms with Crippen molar-refractivity contribution in [1.82, 2.24) is 4.57 Å². The molecule has 4 heteroatoms. The Bertz CT molecular complexity index is 840. The average molecular weight is 300 g/mol. The Morgan fingerprint density at radius 2 is 1.67 bits per heavy atom. The van der Waals surface area contributed by atoms with Gasteiger partial charge in [0.05, 0.1) is 0 Å². The molecule has 3 aromatic rings. The van der Waals surface area contributed by atoms with E-state index < -0.39 is 0 Å². The fourth-order valence-electron chi connectivity index (χ4n) is 2.13. The van der Waals surface area contributed by atoms with Crippen LogP contribution in [-0.4, -0.2) is 4.57 Å². The van der Waals surface area contributed by atoms with Crippen LogP contribution in [0.3, 0.4) is 0 Å². The second-order valence-electron chi connectivity index (χ2n) is 4.61. The van der Waals surface area contributed by atoms with E-state index in [2.05, 4.69) is 0 Å². The highest BCUT2D eigenvalue weighted by Gasteiger charge is 2.04. The topological polar surface area (TPSA) is 22.0 Å². The lowest BCUT2D eigenvalue weighted by Crippen LogP contribution is -2.16. The van der Waals surface area contributed by atoms with Crippen molar-refractivity contribution in [3.8, 4) is 16.8 Å². The number of rotatable bonds is 2. The van der Waals surface area contributed by atoms with Crippen LogP contribution in [0, 0.1) is 5.82 Å². The zero-order valence-electron chi connectivity index (χ0n) is 11.0. The van der Waals surface area contributed by atoms with Gasteiger partial charge in [0.15, 0.2) is 0 Å². The molecule has 0 spiro atoms. The fourth-order valence-corrected chi connectivity index (χ4v) is 2.32. The Morgan fingerprint density at radius 1 is 0.905 bits per heavy atom. The summed E-state index contributed by atoms with van der Waals surface area (Å²) < 4.78 is 14.5. The summed E-state index contributed by atoms with van der Waals surface area (Å²) in [5, 5.41) is 0.632. The molecule has 0 fully saturated rings. The highest BCUT2D eigenvalue weighted by atomic mass is 35.5. The van der Waals surface area contributed by atoms with E-state index in [9.17, 15) is 9.18 Å². The van der Waals surface area contributed by atoms with Crippen LogP contribution in [0.1, 0.15) is 0 Å². The monoisotopic (exact) mass is 299 g/mol. The number of benzene rings is 2. The third-order valence-corrected chi connectivity index (χ3v) is 3.41. The van der Waals surface area contributed by atoms with Crippen LogP contribution in [0.5, 0.6) is 0 Å². The van der Waals surface area contributed by atoms with Crippen molar-refractivity contribution in [2.75, 3.05) is 0 Å². The summed E-state index contributed by atoms with van der Waals surface area (Å²) in [7, 11) is 0. The molecule has 0 bridgehead atoms. The first-order valence-corrected chi connectivity index (χ1v) is 6.76. The Kier molecular flexibility index (Phi) is 3.59. The van der Waals surface area contributed by atoms with E-state index >= 15 is 0 Å². The molecule has 1 aromatic heterocycles. The molecule has 0 aliphatic carbocycles. The van der Waals surface area contributed by atoms with E-state index in [1.807, 2.05) is 18.2 Å². The van der Waals surface area contributed by atoms with Crippen molar-refractivity contribution >= 4 is 11.6 Å². The third-order valence-electron chi connectivity index (χ3n) is 3.17. The number of halogens is 2. The van der Waals surface area contributed by atoms with Gasteiger partial charge in [-0.3, -0.25) is 9.36 Å². The minimum Gasteiger partial charge on any atom is -0.284 e. The van der Waals surface area contributed by atoms with Crippen molar-refractivity contribution in [3.63, 3.8) is 0 Å². The zero-order chi connectivity index (χ0) is 14.8. The standard InChI is InChI=1S/C17H11ClFNO/c18-14-3-1-2-12(10-14)13-4-9-17(21)20(11-13)16-7-5-15(19)6-8-16/h1-11H. The third kappa shape index (κ3) is 2.88. The molecular formula is C17H11ClFNO. The molecule has 21 heavy (non-hydrogen) atoms. The maximum atomic E-state index is 13.0. The molecule has 1 heterocycles. The van der Waals surface area contributed by atoms with Crippen LogP contribution in [0.4, 0.5) is 4.39 Å². The van der Waals surface area contributed by atoms with Gasteiger partial charge < -0.3 is 0 Å². The Balaban J connectivity index is 2.12. The second-order valence-corrected chi connectivity index (χ2v) is 5.05. The van der Waals surface area contributed by atoms with Crippen molar-refractivity contribution in [2.45, 2.75) is 0 Å². The molecule has 2 aromatic carbocycles. The summed E-state index contributed by atoms with van der Waals surface area (Å²) in [4.78, 5) is 12.0. The molecule has 0 saturated carbocycles. The summed E-state index contributed by atoms with van der Waals surface area (Å²) >= 11 is 5.99. The van der Waals surface area contributed by atoms with Gasteiger partial charge in [0, 0.05) is 23.0 Å². The summed E-state index contributed by atoms with van der Waals surface area (Å²) in [5.41, 5.74) is 2.22. The van der Waals surface area contributed by atoms with Crippen molar-refractivity contribution in [2.24, 2.45) is 0 Å². The molecule has 104 valence electrons. The van der Waals surface area contributed by atoms with Gasteiger partial charge in [-0.2, -0.15) is 0 Å². The lowest BCUT2D eigenvalue weighted by molar-refractivity contribution is 0.627. The SMILES string of the molecule is O=c1ccc(-c2cccc(Cl)c2)cn1-c1ccc(F)cc1. The predicted octanol–water partition coefficient (Wildman–Crippen LogP) is 4.30. The predicted molar refractivity (Wildman–Crippen MR) is 82.4 cm³/mol. The first-order valence-electron chi connectivity index (χ1n) is 6.38. The number of nitrogens with zero attached hydrogens (tertiary/aromatic N) is 1. The minimum absolute atomic E-state index is 0.174. The van der Waals surface area contributed by atoms with Gasteiger partial charge in [0.1, 0.15) is 5.82 Å². The smallest absolute Gasteiger partial charge is 0.255 e. The van der Waals surface area contributed by atoms with Gasteiger partial charge in [-0.05, 0) is 53.6 Å². The van der Waals surface area contributed by atoms with E-state index in [1.165, 1.54) is 22.8 Å². The molecule has 0 N–H and O–H groups in total. The van der Waals surface area contributed by atoms with Crippen LogP contribution in [0.15, 0.2) is 71.7 Å². The minimum atomic E-state index is -0.335. The number of hydrogen-bond acceptors (Lipinski definition) is 1. The summed E-state index contributed by atoms with van der Waals surface area (Å²) in [6.07, 6.45) is 1.72. The lowest BCUT2D eigenvalue weighted by atomic mass is 10.1. The van der Waals surface area contributed by atoms with Crippen molar-refractivity contribution in [3.05, 3.63) is 88.1 Å². The quantitative estimate of drug-likeness (QED) is 0.691. The second kappa shape index (κ2) is 5.54. The maximum Gasteiger partial charge on any atom is 0.255 e. The van der Waals surface area contributed by atoms with Gasteiger partial charge in [-0.1, -0.05) is 23.7 Å². The van der Waals surface area contributed by atoms with Gasteiger partial charge in [0.2, 0.25) is 0 Å². The van der Waals surface area contributed by atoms with Crippen molar-refractivity contribution < 1.29 is 4.39 Å². The molecule has 0 amide bonds. The highest BCUT2D eigenvalue weighted by molar-refractivity contribution is 6.30. The highest BCUT2D eigenvalue weighted by Crippen LogP contribution is 2.22. The number of aromatic nitrogens is 1. The molecule has 0 saturated heterocycles. The van der Waals surface area contributed by atoms with Crippen LogP contribution in [-0.2, 0) is 0 Å². The van der Waals surface area contributed by atoms with E-state index in [0.717, 1.165) is 11.1 Å². The fraction of sp³-hybridized carbons (Fsp3) is 0. The largest absolute Gasteiger partial charge is 0.284 e. The van der Waals surface area contributed by atoms with Gasteiger partial charge in [0.25, 0.3) is 5.56 Å². The molecule has 2 nitrogen and oxygen atoms in total. The Morgan fingerprint density at radius 3 is 2.38 bits per heavy atom. The van der Waals surface area contributed by atoms with Gasteiger partial charge in [-0.25, -0.2) is 4.39 Å². The first kappa shape index (κ1) is 13.6. The van der Waals surface area contributed by atoms with Crippen molar-refractivity contribution in [1.29, 1.82) is 0 Å². The molecule has 0 aliphatic heterocycles. The van der Waals surface area contributed by atoms with E-state index in [-0.39, 0.29) is 11.4 Å². The van der Waals surface area contributed by atoms with E-state index in [0.29, 0.717) is 10.7 Å². The molecule has 0 aliphatic rings. The maximum absolute atomic E-state index is 13.0. The van der Waals surface area contributed by atoms with E-state index in [4.69, 9.17) is 11.6 Å².